The minimum Gasteiger partial charge on any atom is -0.481 e. The number of carboxylic acids is 2. The number of carbonyl (C=O) groups excluding carboxylic acids is 1. The molecule has 0 rings (SSSR count). The van der Waals surface area contributed by atoms with Crippen LogP contribution in [0.5, 0.6) is 0 Å². The van der Waals surface area contributed by atoms with Crippen LogP contribution in [0.2, 0.25) is 0 Å². The van der Waals surface area contributed by atoms with Crippen LogP contribution in [0.4, 0.5) is 0 Å². The quantitative estimate of drug-likeness (QED) is 0.109. The Hall–Kier alpha value is -1.20. The molecule has 1 unspecified atom stereocenters. The highest BCUT2D eigenvalue weighted by molar-refractivity contribution is 7.13. The van der Waals surface area contributed by atoms with E-state index in [0.29, 0.717) is 25.8 Å². The number of aliphatic carboxylic acids is 2. The number of carbonyl (C=O) groups is 3. The number of carboxylic acid groups (broad SMARTS) is 2. The van der Waals surface area contributed by atoms with E-state index in [-0.39, 0.29) is 5.91 Å². The molecule has 0 heterocycles. The van der Waals surface area contributed by atoms with E-state index in [0.717, 1.165) is 44.9 Å². The summed E-state index contributed by atoms with van der Waals surface area (Å²) in [5, 5.41) is 23.1. The molecule has 32 heavy (non-hydrogen) atoms. The van der Waals surface area contributed by atoms with E-state index < -0.39 is 18.0 Å². The lowest BCUT2D eigenvalue weighted by Crippen LogP contribution is -2.30. The maximum absolute atomic E-state index is 11.8. The number of amides is 1. The first-order valence-corrected chi connectivity index (χ1v) is 13.2. The van der Waals surface area contributed by atoms with Gasteiger partial charge in [0, 0.05) is 19.4 Å². The maximum atomic E-state index is 11.8. The van der Waals surface area contributed by atoms with Crippen molar-refractivity contribution in [1.29, 1.82) is 0 Å². The third-order valence-corrected chi connectivity index (χ3v) is 6.19. The zero-order valence-electron chi connectivity index (χ0n) is 19.9. The monoisotopic (exact) mass is 474 g/mol. The van der Waals surface area contributed by atoms with E-state index in [1.54, 1.807) is 0 Å². The van der Waals surface area contributed by atoms with Gasteiger partial charge in [-0.3, -0.25) is 19.5 Å². The predicted molar refractivity (Wildman–Crippen MR) is 133 cm³/mol. The van der Waals surface area contributed by atoms with Crippen LogP contribution in [0, 0.1) is 0 Å². The highest BCUT2D eigenvalue weighted by atomic mass is 31.0. The molecule has 8 heteroatoms. The summed E-state index contributed by atoms with van der Waals surface area (Å²) in [6.45, 7) is 0.618. The normalized spacial score (nSPS) is 11.9. The molecule has 1 amide bonds. The van der Waals surface area contributed by atoms with Crippen LogP contribution < -0.4 is 10.4 Å². The van der Waals surface area contributed by atoms with Gasteiger partial charge in [0.15, 0.2) is 0 Å². The van der Waals surface area contributed by atoms with Crippen LogP contribution in [0.1, 0.15) is 122 Å². The number of nitrogens with one attached hydrogen (secondary N) is 2. The molecule has 0 aliphatic carbocycles. The molecule has 0 aromatic rings. The number of unbranched alkanes of at least 4 members (excludes halogenated alkanes) is 14. The van der Waals surface area contributed by atoms with Crippen molar-refractivity contribution >= 4 is 27.2 Å². The van der Waals surface area contributed by atoms with Crippen molar-refractivity contribution in [2.45, 2.75) is 128 Å². The maximum Gasteiger partial charge on any atom is 0.320 e. The van der Waals surface area contributed by atoms with Crippen LogP contribution in [0.25, 0.3) is 0 Å². The minimum absolute atomic E-state index is 0.103. The second kappa shape index (κ2) is 23.0. The number of rotatable bonds is 24. The molecule has 7 nitrogen and oxygen atoms in total. The second-order valence-corrected chi connectivity index (χ2v) is 9.08. The Morgan fingerprint density at radius 2 is 1.06 bits per heavy atom. The Morgan fingerprint density at radius 3 is 1.47 bits per heavy atom. The van der Waals surface area contributed by atoms with Crippen molar-refractivity contribution in [3.63, 3.8) is 0 Å². The van der Waals surface area contributed by atoms with Gasteiger partial charge in [0.25, 0.3) is 0 Å². The summed E-state index contributed by atoms with van der Waals surface area (Å²) in [4.78, 5) is 33.1. The lowest BCUT2D eigenvalue weighted by molar-refractivity contribution is -0.139. The van der Waals surface area contributed by atoms with Crippen LogP contribution in [-0.4, -0.2) is 40.6 Å². The predicted octanol–water partition coefficient (Wildman–Crippen LogP) is 5.43. The fraction of sp³-hybridized carbons (Fsp3) is 0.875. The fourth-order valence-corrected chi connectivity index (χ4v) is 4.06. The first-order valence-electron chi connectivity index (χ1n) is 12.6. The van der Waals surface area contributed by atoms with Gasteiger partial charge in [0.1, 0.15) is 6.04 Å². The summed E-state index contributed by atoms with van der Waals surface area (Å²) in [5.41, 5.74) is 0. The summed E-state index contributed by atoms with van der Waals surface area (Å²) in [7, 11) is 2.24. The average Bonchev–Trinajstić information content (AvgIpc) is 2.75. The zero-order valence-corrected chi connectivity index (χ0v) is 21.1. The van der Waals surface area contributed by atoms with Gasteiger partial charge < -0.3 is 15.5 Å². The minimum atomic E-state index is -0.845. The van der Waals surface area contributed by atoms with Gasteiger partial charge in [0.2, 0.25) is 5.91 Å². The molecule has 0 aromatic carbocycles. The standard InChI is InChI=1S/C24H47N2O5P/c27-22(25-20-16-15-17-21(26-32)24(30)31)18-13-11-9-7-5-3-1-2-4-6-8-10-12-14-19-23(28)29/h21,26H,1-20,32H2,(H,25,27)(H,28,29)(H,30,31)/t21-/m0/s1. The first kappa shape index (κ1) is 30.8. The van der Waals surface area contributed by atoms with Gasteiger partial charge >= 0.3 is 11.9 Å². The fourth-order valence-electron chi connectivity index (χ4n) is 3.75. The molecule has 2 atom stereocenters. The number of hydrogen-bond acceptors (Lipinski definition) is 4. The summed E-state index contributed by atoms with van der Waals surface area (Å²) >= 11 is 0. The Morgan fingerprint density at radius 1 is 0.625 bits per heavy atom. The Balaban J connectivity index is 3.26. The van der Waals surface area contributed by atoms with Crippen LogP contribution in [-0.2, 0) is 14.4 Å². The van der Waals surface area contributed by atoms with E-state index in [1.165, 1.54) is 57.8 Å². The van der Waals surface area contributed by atoms with E-state index in [2.05, 4.69) is 19.8 Å². The Labute approximate surface area is 197 Å². The van der Waals surface area contributed by atoms with Crippen molar-refractivity contribution in [2.75, 3.05) is 6.54 Å². The average molecular weight is 475 g/mol. The highest BCUT2D eigenvalue weighted by Crippen LogP contribution is 2.13. The molecule has 0 fully saturated rings. The second-order valence-electron chi connectivity index (χ2n) is 8.75. The van der Waals surface area contributed by atoms with Gasteiger partial charge in [-0.1, -0.05) is 86.4 Å². The van der Waals surface area contributed by atoms with Gasteiger partial charge in [-0.15, -0.1) is 0 Å². The van der Waals surface area contributed by atoms with E-state index in [9.17, 15) is 14.4 Å². The van der Waals surface area contributed by atoms with Gasteiger partial charge in [-0.05, 0) is 32.1 Å². The highest BCUT2D eigenvalue weighted by Gasteiger charge is 2.13. The summed E-state index contributed by atoms with van der Waals surface area (Å²) in [6, 6.07) is -0.538. The van der Waals surface area contributed by atoms with Crippen molar-refractivity contribution in [3.05, 3.63) is 0 Å². The third kappa shape index (κ3) is 22.0. The Bertz CT molecular complexity index is 491. The summed E-state index contributed by atoms with van der Waals surface area (Å²) < 4.78 is 0. The third-order valence-electron chi connectivity index (χ3n) is 5.79. The SMILES string of the molecule is O=C(O)CCCCCCCCCCCCCCCCC(=O)NCCCC[C@H](NP)C(=O)O. The molecule has 0 bridgehead atoms. The van der Waals surface area contributed by atoms with E-state index in [1.807, 2.05) is 0 Å². The summed E-state index contributed by atoms with van der Waals surface area (Å²) in [6.07, 6.45) is 19.5. The molecule has 188 valence electrons. The molecule has 0 aliphatic heterocycles. The van der Waals surface area contributed by atoms with Crippen molar-refractivity contribution in [3.8, 4) is 0 Å². The molecule has 4 N–H and O–H groups in total. The van der Waals surface area contributed by atoms with Crippen molar-refractivity contribution in [2.24, 2.45) is 0 Å². The molecular formula is C24H47N2O5P. The van der Waals surface area contributed by atoms with Crippen LogP contribution in [0.3, 0.4) is 0 Å². The van der Waals surface area contributed by atoms with Crippen molar-refractivity contribution in [1.82, 2.24) is 10.4 Å². The first-order chi connectivity index (χ1) is 15.5. The molecule has 0 spiro atoms. The van der Waals surface area contributed by atoms with Crippen LogP contribution >= 0.6 is 9.39 Å². The molecule has 0 saturated heterocycles. The molecular weight excluding hydrogens is 427 g/mol. The lowest BCUT2D eigenvalue weighted by atomic mass is 10.0. The summed E-state index contributed by atoms with van der Waals surface area (Å²) in [5.74, 6) is -1.43. The van der Waals surface area contributed by atoms with Crippen molar-refractivity contribution < 1.29 is 24.6 Å². The van der Waals surface area contributed by atoms with Crippen LogP contribution in [0.15, 0.2) is 0 Å². The van der Waals surface area contributed by atoms with Gasteiger partial charge in [-0.2, -0.15) is 0 Å². The van der Waals surface area contributed by atoms with E-state index >= 15 is 0 Å². The number of hydrogen-bond donors (Lipinski definition) is 4. The van der Waals surface area contributed by atoms with Gasteiger partial charge in [-0.25, -0.2) is 0 Å². The molecule has 0 radical (unpaired) electrons. The van der Waals surface area contributed by atoms with E-state index in [4.69, 9.17) is 10.2 Å². The molecule has 0 aliphatic rings. The molecule has 0 saturated carbocycles. The lowest BCUT2D eigenvalue weighted by Gasteiger charge is -2.10. The van der Waals surface area contributed by atoms with Gasteiger partial charge in [0.05, 0.1) is 0 Å². The topological polar surface area (TPSA) is 116 Å². The largest absolute Gasteiger partial charge is 0.481 e. The smallest absolute Gasteiger partial charge is 0.320 e. The Kier molecular flexibility index (Phi) is 22.1. The zero-order chi connectivity index (χ0) is 23.9. The molecule has 0 aromatic heterocycles.